The van der Waals surface area contributed by atoms with Crippen molar-refractivity contribution in [2.75, 3.05) is 14.2 Å². The van der Waals surface area contributed by atoms with Crippen LogP contribution in [0.15, 0.2) is 30.3 Å². The largest absolute Gasteiger partial charge is 0.508 e. The second kappa shape index (κ2) is 5.93. The number of phenols is 3. The van der Waals surface area contributed by atoms with Gasteiger partial charge in [0.15, 0.2) is 23.7 Å². The van der Waals surface area contributed by atoms with Crippen molar-refractivity contribution >= 4 is 5.78 Å². The monoisotopic (exact) mass is 332 g/mol. The summed E-state index contributed by atoms with van der Waals surface area (Å²) in [5.41, 5.74) is 0.500. The van der Waals surface area contributed by atoms with E-state index in [-0.39, 0.29) is 34.3 Å². The number of ether oxygens (including phenoxy) is 3. The summed E-state index contributed by atoms with van der Waals surface area (Å²) < 4.78 is 16.1. The molecule has 1 heterocycles. The van der Waals surface area contributed by atoms with Crippen molar-refractivity contribution in [3.63, 3.8) is 0 Å². The van der Waals surface area contributed by atoms with Gasteiger partial charge in [-0.3, -0.25) is 4.79 Å². The Morgan fingerprint density at radius 2 is 1.79 bits per heavy atom. The van der Waals surface area contributed by atoms with Crippen LogP contribution in [0.3, 0.4) is 0 Å². The minimum Gasteiger partial charge on any atom is -0.508 e. The van der Waals surface area contributed by atoms with E-state index in [1.54, 1.807) is 6.07 Å². The quantitative estimate of drug-likeness (QED) is 0.791. The summed E-state index contributed by atoms with van der Waals surface area (Å²) in [6.45, 7) is 0. The minimum atomic E-state index is -0.998. The van der Waals surface area contributed by atoms with Crippen LogP contribution < -0.4 is 9.47 Å². The average molecular weight is 332 g/mol. The fourth-order valence-electron chi connectivity index (χ4n) is 2.75. The van der Waals surface area contributed by atoms with Gasteiger partial charge in [-0.15, -0.1) is 0 Å². The van der Waals surface area contributed by atoms with E-state index in [4.69, 9.17) is 14.2 Å². The third-order valence-corrected chi connectivity index (χ3v) is 3.89. The molecule has 1 aliphatic heterocycles. The van der Waals surface area contributed by atoms with Crippen LogP contribution in [0, 0.1) is 0 Å². The summed E-state index contributed by atoms with van der Waals surface area (Å²) in [6.07, 6.45) is -1.83. The highest BCUT2D eigenvalue weighted by Gasteiger charge is 2.40. The molecule has 2 atom stereocenters. The van der Waals surface area contributed by atoms with Gasteiger partial charge in [0.25, 0.3) is 0 Å². The van der Waals surface area contributed by atoms with E-state index in [1.165, 1.54) is 32.4 Å². The summed E-state index contributed by atoms with van der Waals surface area (Å²) >= 11 is 0. The van der Waals surface area contributed by atoms with Crippen LogP contribution in [-0.4, -0.2) is 41.4 Å². The lowest BCUT2D eigenvalue weighted by atomic mass is 9.92. The van der Waals surface area contributed by atoms with Crippen LogP contribution in [0.5, 0.6) is 28.7 Å². The zero-order valence-electron chi connectivity index (χ0n) is 13.0. The van der Waals surface area contributed by atoms with Crippen molar-refractivity contribution in [3.05, 3.63) is 41.5 Å². The van der Waals surface area contributed by atoms with Gasteiger partial charge in [-0.1, -0.05) is 6.07 Å². The Balaban J connectivity index is 2.10. The van der Waals surface area contributed by atoms with Crippen molar-refractivity contribution in [1.29, 1.82) is 0 Å². The number of hydrogen-bond donors (Lipinski definition) is 3. The number of aromatic hydroxyl groups is 3. The first-order valence-corrected chi connectivity index (χ1v) is 7.12. The van der Waals surface area contributed by atoms with Crippen LogP contribution >= 0.6 is 0 Å². The molecule has 0 saturated heterocycles. The van der Waals surface area contributed by atoms with E-state index >= 15 is 0 Å². The van der Waals surface area contributed by atoms with Gasteiger partial charge < -0.3 is 29.5 Å². The van der Waals surface area contributed by atoms with Gasteiger partial charge in [0.1, 0.15) is 22.8 Å². The molecular weight excluding hydrogens is 316 g/mol. The van der Waals surface area contributed by atoms with E-state index in [2.05, 4.69) is 0 Å². The molecule has 3 rings (SSSR count). The highest BCUT2D eigenvalue weighted by molar-refractivity contribution is 6.05. The molecule has 126 valence electrons. The standard InChI is InChI=1S/C17H16O7/c1-22-12-5-8(3-4-10(12)19)16-17(23-2)15(21)14-11(20)6-9(18)7-13(14)24-16/h3-7,16-20H,1-2H3. The zero-order valence-corrected chi connectivity index (χ0v) is 13.0. The molecule has 2 aromatic rings. The molecule has 0 saturated carbocycles. The lowest BCUT2D eigenvalue weighted by molar-refractivity contribution is -0.00115. The van der Waals surface area contributed by atoms with E-state index in [0.717, 1.165) is 6.07 Å². The topological polar surface area (TPSA) is 105 Å². The Morgan fingerprint density at radius 3 is 2.46 bits per heavy atom. The number of ketones is 1. The molecule has 24 heavy (non-hydrogen) atoms. The molecule has 0 spiro atoms. The Hall–Kier alpha value is -2.93. The molecule has 7 nitrogen and oxygen atoms in total. The average Bonchev–Trinajstić information content (AvgIpc) is 2.54. The molecule has 2 aromatic carbocycles. The third-order valence-electron chi connectivity index (χ3n) is 3.89. The van der Waals surface area contributed by atoms with Crippen LogP contribution in [-0.2, 0) is 4.74 Å². The molecule has 1 aliphatic rings. The van der Waals surface area contributed by atoms with E-state index in [0.29, 0.717) is 5.56 Å². The minimum absolute atomic E-state index is 0.0401. The zero-order chi connectivity index (χ0) is 17.4. The van der Waals surface area contributed by atoms with E-state index in [1.807, 2.05) is 0 Å². The number of benzene rings is 2. The number of methoxy groups -OCH3 is 2. The molecule has 0 aromatic heterocycles. The van der Waals surface area contributed by atoms with Gasteiger partial charge in [-0.05, 0) is 17.7 Å². The molecule has 0 aliphatic carbocycles. The Morgan fingerprint density at radius 1 is 1.04 bits per heavy atom. The molecular formula is C17H16O7. The van der Waals surface area contributed by atoms with Crippen LogP contribution in [0.25, 0.3) is 0 Å². The second-order valence-corrected chi connectivity index (χ2v) is 5.33. The van der Waals surface area contributed by atoms with Gasteiger partial charge in [-0.25, -0.2) is 0 Å². The van der Waals surface area contributed by atoms with Gasteiger partial charge in [-0.2, -0.15) is 0 Å². The van der Waals surface area contributed by atoms with Crippen molar-refractivity contribution in [2.45, 2.75) is 12.2 Å². The van der Waals surface area contributed by atoms with Crippen LogP contribution in [0.4, 0.5) is 0 Å². The highest BCUT2D eigenvalue weighted by Crippen LogP contribution is 2.43. The lowest BCUT2D eigenvalue weighted by Crippen LogP contribution is -2.37. The first kappa shape index (κ1) is 15.9. The fraction of sp³-hybridized carbons (Fsp3) is 0.235. The Labute approximate surface area is 137 Å². The normalized spacial score (nSPS) is 19.5. The number of phenolic OH excluding ortho intramolecular Hbond substituents is 3. The van der Waals surface area contributed by atoms with E-state index < -0.39 is 18.0 Å². The van der Waals surface area contributed by atoms with Crippen molar-refractivity contribution in [1.82, 2.24) is 0 Å². The summed E-state index contributed by atoms with van der Waals surface area (Å²) in [7, 11) is 2.77. The van der Waals surface area contributed by atoms with Crippen molar-refractivity contribution in [3.8, 4) is 28.7 Å². The summed E-state index contributed by atoms with van der Waals surface area (Å²) in [5, 5.41) is 29.3. The van der Waals surface area contributed by atoms with Gasteiger partial charge in [0.2, 0.25) is 5.78 Å². The second-order valence-electron chi connectivity index (χ2n) is 5.33. The molecule has 2 unspecified atom stereocenters. The van der Waals surface area contributed by atoms with E-state index in [9.17, 15) is 20.1 Å². The van der Waals surface area contributed by atoms with Crippen molar-refractivity contribution in [2.24, 2.45) is 0 Å². The number of carbonyl (C=O) groups is 1. The predicted molar refractivity (Wildman–Crippen MR) is 82.9 cm³/mol. The Bertz CT molecular complexity index is 800. The maximum Gasteiger partial charge on any atom is 0.203 e. The van der Waals surface area contributed by atoms with Gasteiger partial charge >= 0.3 is 0 Å². The highest BCUT2D eigenvalue weighted by atomic mass is 16.5. The molecule has 0 fully saturated rings. The maximum atomic E-state index is 12.7. The first-order chi connectivity index (χ1) is 11.5. The molecule has 7 heteroatoms. The number of Topliss-reactive ketones (excluding diaryl/α,β-unsaturated/α-hetero) is 1. The number of carbonyl (C=O) groups excluding carboxylic acids is 1. The van der Waals surface area contributed by atoms with Gasteiger partial charge in [0, 0.05) is 19.2 Å². The smallest absolute Gasteiger partial charge is 0.203 e. The SMILES string of the molecule is COc1cc(C2Oc3cc(O)cc(O)c3C(=O)C2OC)ccc1O. The maximum absolute atomic E-state index is 12.7. The summed E-state index contributed by atoms with van der Waals surface area (Å²) in [4.78, 5) is 12.7. The number of hydrogen-bond acceptors (Lipinski definition) is 7. The summed E-state index contributed by atoms with van der Waals surface area (Å²) in [6, 6.07) is 6.85. The summed E-state index contributed by atoms with van der Waals surface area (Å²) in [5.74, 6) is -0.831. The number of rotatable bonds is 3. The number of fused-ring (bicyclic) bond motifs is 1. The molecule has 3 N–H and O–H groups in total. The predicted octanol–water partition coefficient (Wildman–Crippen LogP) is 2.14. The first-order valence-electron chi connectivity index (χ1n) is 7.12. The fourth-order valence-corrected chi connectivity index (χ4v) is 2.75. The van der Waals surface area contributed by atoms with Crippen LogP contribution in [0.2, 0.25) is 0 Å². The van der Waals surface area contributed by atoms with Crippen molar-refractivity contribution < 1.29 is 34.3 Å². The molecule has 0 radical (unpaired) electrons. The molecule has 0 bridgehead atoms. The lowest BCUT2D eigenvalue weighted by Gasteiger charge is -2.32. The van der Waals surface area contributed by atoms with Crippen LogP contribution in [0.1, 0.15) is 22.0 Å². The Kier molecular flexibility index (Phi) is 3.94. The molecule has 0 amide bonds. The third kappa shape index (κ3) is 2.48. The van der Waals surface area contributed by atoms with Gasteiger partial charge in [0.05, 0.1) is 7.11 Å².